The number of hydrogen-bond acceptors (Lipinski definition) is 4. The molecule has 6 heteroatoms. The van der Waals surface area contributed by atoms with Crippen LogP contribution in [0.3, 0.4) is 0 Å². The van der Waals surface area contributed by atoms with Crippen molar-refractivity contribution >= 4 is 11.8 Å². The highest BCUT2D eigenvalue weighted by Crippen LogP contribution is 2.54. The van der Waals surface area contributed by atoms with Crippen molar-refractivity contribution in [2.75, 3.05) is 19.6 Å². The van der Waals surface area contributed by atoms with Gasteiger partial charge in [-0.05, 0) is 38.0 Å². The fraction of sp³-hybridized carbons (Fsp3) is 0.455. The van der Waals surface area contributed by atoms with Gasteiger partial charge in [0.1, 0.15) is 0 Å². The summed E-state index contributed by atoms with van der Waals surface area (Å²) in [5, 5.41) is 3.07. The van der Waals surface area contributed by atoms with E-state index in [-0.39, 0.29) is 35.4 Å². The molecule has 0 radical (unpaired) electrons. The smallest absolute Gasteiger partial charge is 0.289 e. The number of ether oxygens (including phenoxy) is 1. The first-order chi connectivity index (χ1) is 13.6. The summed E-state index contributed by atoms with van der Waals surface area (Å²) in [4.78, 5) is 27.2. The molecule has 4 atom stereocenters. The van der Waals surface area contributed by atoms with E-state index < -0.39 is 0 Å². The number of benzene rings is 1. The number of carbonyl (C=O) groups excluding carboxylic acids is 2. The Morgan fingerprint density at radius 2 is 2.07 bits per heavy atom. The molecule has 4 heterocycles. The zero-order valence-electron chi connectivity index (χ0n) is 15.9. The molecule has 2 bridgehead atoms. The van der Waals surface area contributed by atoms with Gasteiger partial charge < -0.3 is 19.4 Å². The summed E-state index contributed by atoms with van der Waals surface area (Å²) in [6.45, 7) is 3.72. The zero-order chi connectivity index (χ0) is 19.3. The van der Waals surface area contributed by atoms with Crippen LogP contribution in [-0.2, 0) is 4.74 Å². The molecule has 28 heavy (non-hydrogen) atoms. The van der Waals surface area contributed by atoms with Crippen LogP contribution < -0.4 is 5.32 Å². The van der Waals surface area contributed by atoms with Gasteiger partial charge in [-0.15, -0.1) is 0 Å². The fourth-order valence-electron chi connectivity index (χ4n) is 5.26. The van der Waals surface area contributed by atoms with Crippen molar-refractivity contribution in [3.05, 3.63) is 59.5 Å². The lowest BCUT2D eigenvalue weighted by Gasteiger charge is -2.29. The number of hydrogen-bond donors (Lipinski definition) is 1. The van der Waals surface area contributed by atoms with Crippen LogP contribution >= 0.6 is 0 Å². The third-order valence-electron chi connectivity index (χ3n) is 6.66. The summed E-state index contributed by atoms with van der Waals surface area (Å²) in [5.74, 6) is 0.776. The lowest BCUT2D eigenvalue weighted by atomic mass is 9.73. The molecule has 6 nitrogen and oxygen atoms in total. The number of rotatable bonds is 4. The van der Waals surface area contributed by atoms with E-state index in [1.165, 1.54) is 0 Å². The van der Waals surface area contributed by atoms with Crippen LogP contribution in [0.5, 0.6) is 0 Å². The Hall–Kier alpha value is -2.60. The maximum atomic E-state index is 12.9. The van der Waals surface area contributed by atoms with Gasteiger partial charge in [-0.3, -0.25) is 9.59 Å². The lowest BCUT2D eigenvalue weighted by Crippen LogP contribution is -2.41. The third-order valence-corrected chi connectivity index (χ3v) is 6.66. The quantitative estimate of drug-likeness (QED) is 0.885. The number of amides is 2. The molecule has 2 aromatic rings. The van der Waals surface area contributed by atoms with Gasteiger partial charge in [0.15, 0.2) is 5.76 Å². The second-order valence-corrected chi connectivity index (χ2v) is 8.22. The molecule has 0 aliphatic carbocycles. The van der Waals surface area contributed by atoms with Gasteiger partial charge in [-0.2, -0.15) is 0 Å². The molecular weight excluding hydrogens is 356 g/mol. The van der Waals surface area contributed by atoms with Gasteiger partial charge in [0.05, 0.1) is 24.5 Å². The van der Waals surface area contributed by atoms with E-state index in [1.54, 1.807) is 6.26 Å². The monoisotopic (exact) mass is 380 g/mol. The van der Waals surface area contributed by atoms with Crippen molar-refractivity contribution in [1.29, 1.82) is 0 Å². The Balaban J connectivity index is 1.29. The SMILES string of the molecule is Cc1ccoc1C(=O)N1C[C@@H]2[C@H](CNC(=O)c3ccccc3)[C@H]3CC[C@]2(C1)O3. The predicted molar refractivity (Wildman–Crippen MR) is 102 cm³/mol. The van der Waals surface area contributed by atoms with Gasteiger partial charge in [0.2, 0.25) is 0 Å². The molecule has 3 fully saturated rings. The first-order valence-corrected chi connectivity index (χ1v) is 9.92. The molecular formula is C22H24N2O4. The van der Waals surface area contributed by atoms with Gasteiger partial charge in [0.25, 0.3) is 11.8 Å². The van der Waals surface area contributed by atoms with Gasteiger partial charge in [-0.1, -0.05) is 18.2 Å². The molecule has 1 aromatic carbocycles. The first-order valence-electron chi connectivity index (χ1n) is 9.92. The topological polar surface area (TPSA) is 71.8 Å². The van der Waals surface area contributed by atoms with Crippen LogP contribution in [0.2, 0.25) is 0 Å². The molecule has 1 N–H and O–H groups in total. The van der Waals surface area contributed by atoms with E-state index >= 15 is 0 Å². The third kappa shape index (κ3) is 2.66. The molecule has 0 saturated carbocycles. The zero-order valence-corrected chi connectivity index (χ0v) is 15.9. The summed E-state index contributed by atoms with van der Waals surface area (Å²) in [5.41, 5.74) is 1.26. The minimum absolute atomic E-state index is 0.0606. The largest absolute Gasteiger partial charge is 0.459 e. The van der Waals surface area contributed by atoms with Crippen LogP contribution in [0.1, 0.15) is 39.3 Å². The Morgan fingerprint density at radius 3 is 2.82 bits per heavy atom. The van der Waals surface area contributed by atoms with Gasteiger partial charge in [0, 0.05) is 36.1 Å². The molecule has 1 aromatic heterocycles. The normalized spacial score (nSPS) is 30.5. The van der Waals surface area contributed by atoms with E-state index in [9.17, 15) is 9.59 Å². The van der Waals surface area contributed by atoms with Crippen molar-refractivity contribution in [2.45, 2.75) is 31.5 Å². The van der Waals surface area contributed by atoms with Crippen LogP contribution in [0.4, 0.5) is 0 Å². The highest BCUT2D eigenvalue weighted by Gasteiger charge is 2.63. The van der Waals surface area contributed by atoms with Crippen LogP contribution in [-0.4, -0.2) is 48.1 Å². The van der Waals surface area contributed by atoms with E-state index in [1.807, 2.05) is 48.2 Å². The average Bonchev–Trinajstić information content (AvgIpc) is 3.46. The lowest BCUT2D eigenvalue weighted by molar-refractivity contribution is 0.00284. The number of carbonyl (C=O) groups is 2. The molecule has 1 spiro atoms. The van der Waals surface area contributed by atoms with Crippen LogP contribution in [0, 0.1) is 18.8 Å². The molecule has 5 rings (SSSR count). The van der Waals surface area contributed by atoms with Gasteiger partial charge in [-0.25, -0.2) is 0 Å². The van der Waals surface area contributed by atoms with Crippen molar-refractivity contribution in [3.8, 4) is 0 Å². The predicted octanol–water partition coefficient (Wildman–Crippen LogP) is 2.64. The first kappa shape index (κ1) is 17.5. The van der Waals surface area contributed by atoms with Crippen molar-refractivity contribution in [3.63, 3.8) is 0 Å². The number of likely N-dealkylation sites (tertiary alicyclic amines) is 1. The molecule has 2 amide bonds. The summed E-state index contributed by atoms with van der Waals surface area (Å²) in [6.07, 6.45) is 3.70. The maximum absolute atomic E-state index is 12.9. The standard InChI is InChI=1S/C22H24N2O4/c1-14-8-10-27-19(14)21(26)24-12-17-16(18-7-9-22(17,13-24)28-18)11-23-20(25)15-5-3-2-4-6-15/h2-6,8,10,16-18H,7,9,11-13H2,1H3,(H,23,25)/t16-,17+,18+,22+/m0/s1. The molecule has 3 aliphatic heterocycles. The van der Waals surface area contributed by atoms with Crippen molar-refractivity contribution < 1.29 is 18.7 Å². The van der Waals surface area contributed by atoms with Gasteiger partial charge >= 0.3 is 0 Å². The Kier molecular flexibility index (Phi) is 4.05. The van der Waals surface area contributed by atoms with Crippen LogP contribution in [0.15, 0.2) is 47.1 Å². The Morgan fingerprint density at radius 1 is 1.25 bits per heavy atom. The molecule has 3 aliphatic rings. The molecule has 0 unspecified atom stereocenters. The highest BCUT2D eigenvalue weighted by atomic mass is 16.5. The number of furan rings is 1. The van der Waals surface area contributed by atoms with E-state index in [0.717, 1.165) is 18.4 Å². The fourth-order valence-corrected chi connectivity index (χ4v) is 5.26. The number of nitrogens with zero attached hydrogens (tertiary/aromatic N) is 1. The van der Waals surface area contributed by atoms with Crippen molar-refractivity contribution in [1.82, 2.24) is 10.2 Å². The second-order valence-electron chi connectivity index (χ2n) is 8.22. The van der Waals surface area contributed by atoms with Crippen molar-refractivity contribution in [2.24, 2.45) is 11.8 Å². The summed E-state index contributed by atoms with van der Waals surface area (Å²) >= 11 is 0. The van der Waals surface area contributed by atoms with E-state index in [0.29, 0.717) is 31.0 Å². The minimum atomic E-state index is -0.261. The maximum Gasteiger partial charge on any atom is 0.289 e. The molecule has 3 saturated heterocycles. The second kappa shape index (κ2) is 6.48. The van der Waals surface area contributed by atoms with E-state index in [2.05, 4.69) is 5.32 Å². The summed E-state index contributed by atoms with van der Waals surface area (Å²) in [6, 6.07) is 11.1. The number of fused-ring (bicyclic) bond motifs is 1. The Bertz CT molecular complexity index is 908. The highest BCUT2D eigenvalue weighted by molar-refractivity contribution is 5.94. The summed E-state index contributed by atoms with van der Waals surface area (Å²) in [7, 11) is 0. The van der Waals surface area contributed by atoms with E-state index in [4.69, 9.17) is 9.15 Å². The number of aryl methyl sites for hydroxylation is 1. The average molecular weight is 380 g/mol. The number of nitrogens with one attached hydrogen (secondary N) is 1. The Labute approximate surface area is 163 Å². The summed E-state index contributed by atoms with van der Waals surface area (Å²) < 4.78 is 11.8. The van der Waals surface area contributed by atoms with Crippen LogP contribution in [0.25, 0.3) is 0 Å². The minimum Gasteiger partial charge on any atom is -0.459 e. The molecule has 146 valence electrons.